The minimum atomic E-state index is -0.875. The highest BCUT2D eigenvalue weighted by Crippen LogP contribution is 2.16. The second-order valence-electron chi connectivity index (χ2n) is 2.20. The molecule has 2 nitrogen and oxygen atoms in total. The van der Waals surface area contributed by atoms with E-state index in [2.05, 4.69) is 10.2 Å². The number of nitrogens with zero attached hydrogens (tertiary/aromatic N) is 1. The summed E-state index contributed by atoms with van der Waals surface area (Å²) in [5.41, 5.74) is 0.116. The average Bonchev–Trinajstić information content (AvgIpc) is 2.45. The molecule has 2 aromatic rings. The molecule has 2 rings (SSSR count). The number of H-pyrrole nitrogens is 1. The molecule has 1 N–H and O–H groups in total. The molecule has 11 heavy (non-hydrogen) atoms. The Hall–Kier alpha value is -1.45. The van der Waals surface area contributed by atoms with Crippen molar-refractivity contribution < 1.29 is 8.78 Å². The van der Waals surface area contributed by atoms with Crippen LogP contribution >= 0.6 is 0 Å². The van der Waals surface area contributed by atoms with Crippen LogP contribution in [0.15, 0.2) is 18.3 Å². The summed E-state index contributed by atoms with van der Waals surface area (Å²) < 4.78 is 25.3. The van der Waals surface area contributed by atoms with Crippen LogP contribution in [0.1, 0.15) is 0 Å². The molecule has 56 valence electrons. The molecule has 0 amide bonds. The average molecular weight is 154 g/mol. The lowest BCUT2D eigenvalue weighted by Crippen LogP contribution is -1.83. The molecule has 0 saturated heterocycles. The van der Waals surface area contributed by atoms with Gasteiger partial charge in [-0.05, 0) is 12.1 Å². The van der Waals surface area contributed by atoms with E-state index in [1.807, 2.05) is 0 Å². The van der Waals surface area contributed by atoms with Gasteiger partial charge in [-0.15, -0.1) is 0 Å². The zero-order valence-corrected chi connectivity index (χ0v) is 5.44. The second-order valence-corrected chi connectivity index (χ2v) is 2.20. The lowest BCUT2D eigenvalue weighted by atomic mass is 10.2. The van der Waals surface area contributed by atoms with Gasteiger partial charge in [0.2, 0.25) is 0 Å². The smallest absolute Gasteiger partial charge is 0.184 e. The Balaban J connectivity index is 2.93. The third kappa shape index (κ3) is 0.790. The van der Waals surface area contributed by atoms with E-state index in [-0.39, 0.29) is 5.52 Å². The Labute approximate surface area is 60.8 Å². The molecule has 0 aliphatic heterocycles. The van der Waals surface area contributed by atoms with Crippen LogP contribution in [0.5, 0.6) is 0 Å². The quantitative estimate of drug-likeness (QED) is 0.616. The van der Waals surface area contributed by atoms with Gasteiger partial charge < -0.3 is 0 Å². The topological polar surface area (TPSA) is 28.7 Å². The summed E-state index contributed by atoms with van der Waals surface area (Å²) in [5, 5.41) is 6.51. The van der Waals surface area contributed by atoms with Gasteiger partial charge in [-0.25, -0.2) is 8.78 Å². The third-order valence-electron chi connectivity index (χ3n) is 1.51. The monoisotopic (exact) mass is 154 g/mol. The van der Waals surface area contributed by atoms with Gasteiger partial charge in [-0.1, -0.05) is 0 Å². The van der Waals surface area contributed by atoms with Crippen molar-refractivity contribution in [2.24, 2.45) is 0 Å². The Morgan fingerprint density at radius 2 is 2.09 bits per heavy atom. The van der Waals surface area contributed by atoms with E-state index in [1.54, 1.807) is 0 Å². The first kappa shape index (κ1) is 6.27. The zero-order chi connectivity index (χ0) is 7.84. The first-order chi connectivity index (χ1) is 5.29. The standard InChI is InChI=1S/C7H4F2N2/c8-5-2-1-4-3-10-11-7(4)6(5)9/h1-3H,(H,10,11). The van der Waals surface area contributed by atoms with E-state index in [1.165, 1.54) is 12.3 Å². The molecule has 0 radical (unpaired) electrons. The molecule has 0 saturated carbocycles. The summed E-state index contributed by atoms with van der Waals surface area (Å²) in [5.74, 6) is -1.73. The van der Waals surface area contributed by atoms with Crippen molar-refractivity contribution >= 4 is 10.9 Å². The van der Waals surface area contributed by atoms with Gasteiger partial charge >= 0.3 is 0 Å². The van der Waals surface area contributed by atoms with Crippen LogP contribution in [0, 0.1) is 11.6 Å². The molecule has 4 heteroatoms. The first-order valence-electron chi connectivity index (χ1n) is 3.06. The van der Waals surface area contributed by atoms with Gasteiger partial charge in [0.05, 0.1) is 6.20 Å². The predicted molar refractivity (Wildman–Crippen MR) is 36.0 cm³/mol. The summed E-state index contributed by atoms with van der Waals surface area (Å²) in [4.78, 5) is 0. The molecule has 0 unspecified atom stereocenters. The Kier molecular flexibility index (Phi) is 1.15. The first-order valence-corrected chi connectivity index (χ1v) is 3.06. The molecule has 1 aromatic carbocycles. The Morgan fingerprint density at radius 3 is 2.91 bits per heavy atom. The number of fused-ring (bicyclic) bond motifs is 1. The number of rotatable bonds is 0. The fourth-order valence-corrected chi connectivity index (χ4v) is 0.953. The number of aromatic amines is 1. The van der Waals surface area contributed by atoms with Crippen LogP contribution in [0.4, 0.5) is 8.78 Å². The molecule has 0 aliphatic carbocycles. The molecular formula is C7H4F2N2. The van der Waals surface area contributed by atoms with Crippen molar-refractivity contribution in [1.82, 2.24) is 10.2 Å². The lowest BCUT2D eigenvalue weighted by Gasteiger charge is -1.91. The van der Waals surface area contributed by atoms with Gasteiger partial charge in [0.15, 0.2) is 11.6 Å². The van der Waals surface area contributed by atoms with Gasteiger partial charge in [0.1, 0.15) is 5.52 Å². The molecule has 0 fully saturated rings. The minimum Gasteiger partial charge on any atom is -0.275 e. The number of nitrogens with one attached hydrogen (secondary N) is 1. The van der Waals surface area contributed by atoms with Crippen molar-refractivity contribution in [3.8, 4) is 0 Å². The van der Waals surface area contributed by atoms with Gasteiger partial charge in [0, 0.05) is 5.39 Å². The maximum atomic E-state index is 12.8. The maximum absolute atomic E-state index is 12.8. The Morgan fingerprint density at radius 1 is 1.27 bits per heavy atom. The van der Waals surface area contributed by atoms with Crippen LogP contribution in [-0.4, -0.2) is 10.2 Å². The van der Waals surface area contributed by atoms with Crippen LogP contribution in [0.25, 0.3) is 10.9 Å². The summed E-state index contributed by atoms with van der Waals surface area (Å²) in [6.45, 7) is 0. The molecule has 1 aromatic heterocycles. The molecular weight excluding hydrogens is 150 g/mol. The van der Waals surface area contributed by atoms with E-state index >= 15 is 0 Å². The van der Waals surface area contributed by atoms with Crippen molar-refractivity contribution in [3.63, 3.8) is 0 Å². The molecule has 0 aliphatic rings. The van der Waals surface area contributed by atoms with E-state index < -0.39 is 11.6 Å². The normalized spacial score (nSPS) is 10.7. The number of halogens is 2. The van der Waals surface area contributed by atoms with Crippen LogP contribution < -0.4 is 0 Å². The van der Waals surface area contributed by atoms with Gasteiger partial charge in [-0.3, -0.25) is 5.10 Å². The highest BCUT2D eigenvalue weighted by Gasteiger charge is 2.06. The maximum Gasteiger partial charge on any atom is 0.184 e. The SMILES string of the molecule is Fc1ccc2cn[nH]c2c1F. The number of aromatic nitrogens is 2. The van der Waals surface area contributed by atoms with Crippen LogP contribution in [0.2, 0.25) is 0 Å². The Bertz CT molecular complexity index is 394. The summed E-state index contributed by atoms with van der Waals surface area (Å²) in [7, 11) is 0. The summed E-state index contributed by atoms with van der Waals surface area (Å²) in [6, 6.07) is 2.55. The number of benzene rings is 1. The lowest BCUT2D eigenvalue weighted by molar-refractivity contribution is 0.515. The zero-order valence-electron chi connectivity index (χ0n) is 5.44. The van der Waals surface area contributed by atoms with Crippen LogP contribution in [-0.2, 0) is 0 Å². The van der Waals surface area contributed by atoms with Crippen LogP contribution in [0.3, 0.4) is 0 Å². The molecule has 0 spiro atoms. The fourth-order valence-electron chi connectivity index (χ4n) is 0.953. The van der Waals surface area contributed by atoms with Gasteiger partial charge in [-0.2, -0.15) is 5.10 Å². The summed E-state index contributed by atoms with van der Waals surface area (Å²) >= 11 is 0. The molecule has 1 heterocycles. The van der Waals surface area contributed by atoms with E-state index in [4.69, 9.17) is 0 Å². The van der Waals surface area contributed by atoms with Crippen molar-refractivity contribution in [2.45, 2.75) is 0 Å². The highest BCUT2D eigenvalue weighted by atomic mass is 19.2. The van der Waals surface area contributed by atoms with E-state index in [0.717, 1.165) is 6.07 Å². The predicted octanol–water partition coefficient (Wildman–Crippen LogP) is 1.84. The van der Waals surface area contributed by atoms with Crippen molar-refractivity contribution in [1.29, 1.82) is 0 Å². The minimum absolute atomic E-state index is 0.116. The molecule has 0 bridgehead atoms. The van der Waals surface area contributed by atoms with E-state index in [0.29, 0.717) is 5.39 Å². The number of hydrogen-bond acceptors (Lipinski definition) is 1. The van der Waals surface area contributed by atoms with E-state index in [9.17, 15) is 8.78 Å². The highest BCUT2D eigenvalue weighted by molar-refractivity contribution is 5.78. The van der Waals surface area contributed by atoms with Gasteiger partial charge in [0.25, 0.3) is 0 Å². The largest absolute Gasteiger partial charge is 0.275 e. The summed E-state index contributed by atoms with van der Waals surface area (Å²) in [6.07, 6.45) is 1.44. The third-order valence-corrected chi connectivity index (χ3v) is 1.51. The van der Waals surface area contributed by atoms with Crippen molar-refractivity contribution in [2.75, 3.05) is 0 Å². The molecule has 0 atom stereocenters. The second kappa shape index (κ2) is 2.02. The van der Waals surface area contributed by atoms with Crippen molar-refractivity contribution in [3.05, 3.63) is 30.0 Å². The fraction of sp³-hybridized carbons (Fsp3) is 0. The number of hydrogen-bond donors (Lipinski definition) is 1.